The van der Waals surface area contributed by atoms with Crippen molar-refractivity contribution in [3.8, 4) is 11.8 Å². The molecule has 2 aromatic rings. The molecule has 1 N–H and O–H groups in total. The third kappa shape index (κ3) is 2.40. The Labute approximate surface area is 109 Å². The van der Waals surface area contributed by atoms with Crippen molar-refractivity contribution >= 4 is 5.97 Å². The van der Waals surface area contributed by atoms with Gasteiger partial charge in [-0.25, -0.2) is 9.78 Å². The Balaban J connectivity index is 2.34. The van der Waals surface area contributed by atoms with Crippen molar-refractivity contribution < 1.29 is 14.6 Å². The molecule has 0 bridgehead atoms. The van der Waals surface area contributed by atoms with Crippen molar-refractivity contribution in [3.05, 3.63) is 28.8 Å². The van der Waals surface area contributed by atoms with E-state index in [1.807, 2.05) is 20.9 Å². The minimum atomic E-state index is -1.06. The van der Waals surface area contributed by atoms with Crippen LogP contribution in [0, 0.1) is 20.8 Å². The van der Waals surface area contributed by atoms with E-state index < -0.39 is 5.97 Å². The van der Waals surface area contributed by atoms with Gasteiger partial charge in [-0.1, -0.05) is 0 Å². The van der Waals surface area contributed by atoms with Crippen molar-refractivity contribution in [1.82, 2.24) is 19.7 Å². The van der Waals surface area contributed by atoms with E-state index in [1.54, 1.807) is 11.6 Å². The molecule has 2 heterocycles. The smallest absolute Gasteiger partial charge is 0.339 e. The molecule has 7 heteroatoms. The predicted octanol–water partition coefficient (Wildman–Crippen LogP) is 1.63. The lowest BCUT2D eigenvalue weighted by Crippen LogP contribution is -2.04. The zero-order valence-electron chi connectivity index (χ0n) is 11.1. The molecule has 19 heavy (non-hydrogen) atoms. The highest BCUT2D eigenvalue weighted by atomic mass is 16.5. The number of carbonyl (C=O) groups is 1. The van der Waals surface area contributed by atoms with E-state index in [1.165, 1.54) is 6.20 Å². The molecule has 0 unspecified atom stereocenters. The molecule has 0 saturated heterocycles. The standard InChI is InChI=1S/C12H14N4O3/c1-6-9(11(17)18)5-13-12(14-6)19-10-7(2)15-16(4)8(10)3/h5H,1-4H3,(H,17,18). The summed E-state index contributed by atoms with van der Waals surface area (Å²) < 4.78 is 7.28. The lowest BCUT2D eigenvalue weighted by molar-refractivity contribution is 0.0695. The number of hydrogen-bond acceptors (Lipinski definition) is 5. The monoisotopic (exact) mass is 262 g/mol. The summed E-state index contributed by atoms with van der Waals surface area (Å²) in [5.74, 6) is -0.470. The van der Waals surface area contributed by atoms with E-state index >= 15 is 0 Å². The highest BCUT2D eigenvalue weighted by Gasteiger charge is 2.15. The van der Waals surface area contributed by atoms with Gasteiger partial charge in [0.25, 0.3) is 0 Å². The summed E-state index contributed by atoms with van der Waals surface area (Å²) in [6, 6.07) is 0.113. The summed E-state index contributed by atoms with van der Waals surface area (Å²) in [4.78, 5) is 18.8. The minimum absolute atomic E-state index is 0.0620. The lowest BCUT2D eigenvalue weighted by Gasteiger charge is -2.05. The Hall–Kier alpha value is -2.44. The number of aromatic nitrogens is 4. The molecule has 0 aliphatic carbocycles. The van der Waals surface area contributed by atoms with Gasteiger partial charge in [-0.05, 0) is 20.8 Å². The molecule has 0 radical (unpaired) electrons. The third-order valence-electron chi connectivity index (χ3n) is 2.82. The number of aromatic carboxylic acids is 1. The van der Waals surface area contributed by atoms with Gasteiger partial charge in [-0.15, -0.1) is 0 Å². The number of hydrogen-bond donors (Lipinski definition) is 1. The number of carboxylic acid groups (broad SMARTS) is 1. The Morgan fingerprint density at radius 3 is 2.47 bits per heavy atom. The number of rotatable bonds is 3. The first-order valence-electron chi connectivity index (χ1n) is 5.65. The van der Waals surface area contributed by atoms with Crippen LogP contribution < -0.4 is 4.74 Å². The fraction of sp³-hybridized carbons (Fsp3) is 0.333. The quantitative estimate of drug-likeness (QED) is 0.904. The van der Waals surface area contributed by atoms with Gasteiger partial charge in [0.2, 0.25) is 0 Å². The van der Waals surface area contributed by atoms with Gasteiger partial charge in [-0.3, -0.25) is 4.68 Å². The molecule has 2 aromatic heterocycles. The van der Waals surface area contributed by atoms with Gasteiger partial charge in [0.05, 0.1) is 17.0 Å². The normalized spacial score (nSPS) is 10.5. The molecule has 7 nitrogen and oxygen atoms in total. The molecule has 0 fully saturated rings. The zero-order valence-corrected chi connectivity index (χ0v) is 11.1. The van der Waals surface area contributed by atoms with Crippen molar-refractivity contribution in [2.75, 3.05) is 0 Å². The van der Waals surface area contributed by atoms with Crippen LogP contribution in [0.3, 0.4) is 0 Å². The number of nitrogens with zero attached hydrogens (tertiary/aromatic N) is 4. The van der Waals surface area contributed by atoms with E-state index in [4.69, 9.17) is 9.84 Å². The summed E-state index contributed by atoms with van der Waals surface area (Å²) in [5, 5.41) is 13.1. The maximum atomic E-state index is 10.9. The maximum Gasteiger partial charge on any atom is 0.339 e. The highest BCUT2D eigenvalue weighted by molar-refractivity contribution is 5.88. The molecule has 100 valence electrons. The van der Waals surface area contributed by atoms with Gasteiger partial charge in [0.1, 0.15) is 5.69 Å². The van der Waals surface area contributed by atoms with Crippen LogP contribution in [0.1, 0.15) is 27.4 Å². The maximum absolute atomic E-state index is 10.9. The van der Waals surface area contributed by atoms with Crippen molar-refractivity contribution in [3.63, 3.8) is 0 Å². The number of ether oxygens (including phenoxy) is 1. The predicted molar refractivity (Wildman–Crippen MR) is 66.5 cm³/mol. The molecule has 0 saturated carbocycles. The van der Waals surface area contributed by atoms with Crippen LogP contribution in [-0.4, -0.2) is 30.8 Å². The van der Waals surface area contributed by atoms with Gasteiger partial charge in [-0.2, -0.15) is 10.1 Å². The Kier molecular flexibility index (Phi) is 3.20. The zero-order chi connectivity index (χ0) is 14.2. The van der Waals surface area contributed by atoms with Crippen LogP contribution in [0.4, 0.5) is 0 Å². The molecule has 0 amide bonds. The fourth-order valence-corrected chi connectivity index (χ4v) is 1.70. The Morgan fingerprint density at radius 1 is 1.32 bits per heavy atom. The topological polar surface area (TPSA) is 90.1 Å². The Bertz CT molecular complexity index is 649. The van der Waals surface area contributed by atoms with Crippen LogP contribution >= 0.6 is 0 Å². The molecule has 0 spiro atoms. The average Bonchev–Trinajstić information content (AvgIpc) is 2.56. The summed E-state index contributed by atoms with van der Waals surface area (Å²) in [6.45, 7) is 5.29. The van der Waals surface area contributed by atoms with Crippen LogP contribution in [-0.2, 0) is 7.05 Å². The second-order valence-electron chi connectivity index (χ2n) is 4.18. The molecular formula is C12H14N4O3. The van der Waals surface area contributed by atoms with Crippen LogP contribution in [0.15, 0.2) is 6.20 Å². The van der Waals surface area contributed by atoms with E-state index in [0.29, 0.717) is 11.4 Å². The third-order valence-corrected chi connectivity index (χ3v) is 2.82. The van der Waals surface area contributed by atoms with E-state index in [-0.39, 0.29) is 11.6 Å². The molecule has 0 aliphatic heterocycles. The second-order valence-corrected chi connectivity index (χ2v) is 4.18. The van der Waals surface area contributed by atoms with Crippen molar-refractivity contribution in [2.24, 2.45) is 7.05 Å². The summed E-state index contributed by atoms with van der Waals surface area (Å²) in [5.41, 5.74) is 1.99. The summed E-state index contributed by atoms with van der Waals surface area (Å²) >= 11 is 0. The number of carboxylic acids is 1. The lowest BCUT2D eigenvalue weighted by atomic mass is 10.2. The first kappa shape index (κ1) is 13.0. The summed E-state index contributed by atoms with van der Waals surface area (Å²) in [6.07, 6.45) is 1.24. The number of aryl methyl sites for hydroxylation is 3. The van der Waals surface area contributed by atoms with E-state index in [9.17, 15) is 4.79 Å². The fourth-order valence-electron chi connectivity index (χ4n) is 1.70. The van der Waals surface area contributed by atoms with E-state index in [0.717, 1.165) is 11.4 Å². The largest absolute Gasteiger partial charge is 0.478 e. The van der Waals surface area contributed by atoms with Crippen LogP contribution in [0.25, 0.3) is 0 Å². The second kappa shape index (κ2) is 4.68. The van der Waals surface area contributed by atoms with Gasteiger partial charge < -0.3 is 9.84 Å². The van der Waals surface area contributed by atoms with Crippen molar-refractivity contribution in [1.29, 1.82) is 0 Å². The molecule has 0 atom stereocenters. The molecular weight excluding hydrogens is 248 g/mol. The first-order valence-corrected chi connectivity index (χ1v) is 5.65. The minimum Gasteiger partial charge on any atom is -0.478 e. The molecule has 0 aliphatic rings. The average molecular weight is 262 g/mol. The summed E-state index contributed by atoms with van der Waals surface area (Å²) in [7, 11) is 1.81. The first-order chi connectivity index (χ1) is 8.90. The van der Waals surface area contributed by atoms with Crippen molar-refractivity contribution in [2.45, 2.75) is 20.8 Å². The van der Waals surface area contributed by atoms with Gasteiger partial charge in [0, 0.05) is 13.2 Å². The van der Waals surface area contributed by atoms with Crippen LogP contribution in [0.5, 0.6) is 11.8 Å². The SMILES string of the molecule is Cc1nc(Oc2c(C)nn(C)c2C)ncc1C(=O)O. The van der Waals surface area contributed by atoms with Gasteiger partial charge >= 0.3 is 12.0 Å². The molecule has 2 rings (SSSR count). The highest BCUT2D eigenvalue weighted by Crippen LogP contribution is 2.25. The van der Waals surface area contributed by atoms with Gasteiger partial charge in [0.15, 0.2) is 5.75 Å². The Morgan fingerprint density at radius 2 is 2.00 bits per heavy atom. The van der Waals surface area contributed by atoms with Crippen LogP contribution in [0.2, 0.25) is 0 Å². The van der Waals surface area contributed by atoms with E-state index in [2.05, 4.69) is 15.1 Å². The molecule has 0 aromatic carbocycles.